The van der Waals surface area contributed by atoms with E-state index in [1.165, 1.54) is 49.0 Å². The third-order valence-electron chi connectivity index (χ3n) is 12.4. The fraction of sp³-hybridized carbons (Fsp3) is 0. The molecule has 7 aromatic carbocycles. The van der Waals surface area contributed by atoms with E-state index >= 15 is 0 Å². The van der Waals surface area contributed by atoms with E-state index in [1.54, 1.807) is 0 Å². The van der Waals surface area contributed by atoms with Gasteiger partial charge in [0.2, 0.25) is 0 Å². The predicted octanol–water partition coefficient (Wildman–Crippen LogP) is -0.186. The summed E-state index contributed by atoms with van der Waals surface area (Å²) < 4.78 is 13.3. The van der Waals surface area contributed by atoms with E-state index in [0.29, 0.717) is 17.5 Å². The number of hydrogen-bond donors (Lipinski definition) is 0. The highest BCUT2D eigenvalue weighted by Gasteiger charge is 2.24. The number of hydrogen-bond acceptors (Lipinski definition) is 5. The van der Waals surface area contributed by atoms with Crippen LogP contribution in [0.25, 0.3) is 100 Å². The SMILES string of the molecule is Bc1c(B)c(B)c2c(oc3c(-c4cccc(-c5nc(-c6ccc(-c7ccccc7)cc6)nc(-c6cccc7oc8ccccc8c67)n5)c4)c(B)c(B)c(B)c32)c1B. The number of aromatic nitrogens is 3. The first kappa shape index (κ1) is 35.0. The molecule has 0 N–H and O–H groups in total. The first-order valence-electron chi connectivity index (χ1n) is 19.5. The second kappa shape index (κ2) is 13.4. The second-order valence-electron chi connectivity index (χ2n) is 15.4. The van der Waals surface area contributed by atoms with Gasteiger partial charge in [-0.1, -0.05) is 136 Å². The summed E-state index contributed by atoms with van der Waals surface area (Å²) in [7, 11) is 15.5. The van der Waals surface area contributed by atoms with Crippen molar-refractivity contribution in [1.29, 1.82) is 0 Å². The maximum atomic E-state index is 6.96. The van der Waals surface area contributed by atoms with Crippen LogP contribution in [0.2, 0.25) is 0 Å². The van der Waals surface area contributed by atoms with Gasteiger partial charge in [-0.15, -0.1) is 5.46 Å². The molecule has 3 aromatic heterocycles. The molecule has 0 spiro atoms. The van der Waals surface area contributed by atoms with Crippen molar-refractivity contribution in [2.24, 2.45) is 0 Å². The van der Waals surface area contributed by atoms with E-state index in [4.69, 9.17) is 23.8 Å². The fourth-order valence-electron chi connectivity index (χ4n) is 8.65. The molecular formula is C45H34B7N3O2. The average Bonchev–Trinajstić information content (AvgIpc) is 3.84. The van der Waals surface area contributed by atoms with Gasteiger partial charge >= 0.3 is 0 Å². The van der Waals surface area contributed by atoms with E-state index in [1.807, 2.05) is 36.4 Å². The summed E-state index contributed by atoms with van der Waals surface area (Å²) in [4.78, 5) is 15.6. The molecule has 0 amide bonds. The summed E-state index contributed by atoms with van der Waals surface area (Å²) in [5, 5.41) is 4.42. The summed E-state index contributed by atoms with van der Waals surface area (Å²) in [6.45, 7) is 0. The zero-order valence-corrected chi connectivity index (χ0v) is 33.2. The summed E-state index contributed by atoms with van der Waals surface area (Å²) in [5.41, 5.74) is 19.5. The molecule has 0 aliphatic carbocycles. The van der Waals surface area contributed by atoms with Crippen molar-refractivity contribution in [2.75, 3.05) is 0 Å². The molecule has 0 saturated heterocycles. The smallest absolute Gasteiger partial charge is 0.164 e. The Labute approximate surface area is 337 Å². The molecule has 12 heteroatoms. The van der Waals surface area contributed by atoms with Gasteiger partial charge in [0, 0.05) is 43.8 Å². The third kappa shape index (κ3) is 5.53. The van der Waals surface area contributed by atoms with Crippen LogP contribution >= 0.6 is 0 Å². The number of rotatable bonds is 5. The summed E-state index contributed by atoms with van der Waals surface area (Å²) in [5.74, 6) is 1.78. The Morgan fingerprint density at radius 3 is 1.67 bits per heavy atom. The molecule has 57 heavy (non-hydrogen) atoms. The van der Waals surface area contributed by atoms with Gasteiger partial charge in [0.15, 0.2) is 17.5 Å². The van der Waals surface area contributed by atoms with Crippen LogP contribution in [-0.2, 0) is 0 Å². The summed E-state index contributed by atoms with van der Waals surface area (Å²) in [6, 6.07) is 41.6. The van der Waals surface area contributed by atoms with Crippen molar-refractivity contribution in [3.63, 3.8) is 0 Å². The Morgan fingerprint density at radius 1 is 0.351 bits per heavy atom. The van der Waals surface area contributed by atoms with Gasteiger partial charge in [-0.3, -0.25) is 0 Å². The Kier molecular flexibility index (Phi) is 8.22. The van der Waals surface area contributed by atoms with Crippen LogP contribution < -0.4 is 38.2 Å². The van der Waals surface area contributed by atoms with Gasteiger partial charge in [-0.25, -0.2) is 15.0 Å². The minimum absolute atomic E-state index is 0.586. The Morgan fingerprint density at radius 2 is 0.895 bits per heavy atom. The highest BCUT2D eigenvalue weighted by Crippen LogP contribution is 2.38. The van der Waals surface area contributed by atoms with Crippen LogP contribution in [0, 0.1) is 0 Å². The first-order valence-corrected chi connectivity index (χ1v) is 19.5. The molecule has 0 fully saturated rings. The topological polar surface area (TPSA) is 65.0 Å². The second-order valence-corrected chi connectivity index (χ2v) is 15.4. The largest absolute Gasteiger partial charge is 0.456 e. The molecule has 0 aliphatic rings. The molecule has 0 aliphatic heterocycles. The standard InChI is InChI=1S/C45H34B7N3O2/c46-34-30(41-32(35(47)37(34)49)33-36(48)38(50)39(51)40(52)42(33)57-41)24-10-6-11-25(20-24)44-53-43(23-18-16-22(17-19-23)21-8-2-1-3-9-21)54-45(55-44)27-13-7-15-29-31(27)26-12-4-5-14-28(26)56-29/h1-20H,46-52H2. The maximum absolute atomic E-state index is 6.96. The van der Waals surface area contributed by atoms with Gasteiger partial charge in [0.1, 0.15) is 77.3 Å². The highest BCUT2D eigenvalue weighted by atomic mass is 16.3. The van der Waals surface area contributed by atoms with Gasteiger partial charge in [0.25, 0.3) is 0 Å². The van der Waals surface area contributed by atoms with Crippen molar-refractivity contribution in [3.05, 3.63) is 121 Å². The quantitative estimate of drug-likeness (QED) is 0.231. The molecule has 5 nitrogen and oxygen atoms in total. The highest BCUT2D eigenvalue weighted by molar-refractivity contribution is 6.69. The van der Waals surface area contributed by atoms with E-state index in [2.05, 4.69) is 140 Å². The Hall–Kier alpha value is -6.40. The molecule has 0 radical (unpaired) electrons. The van der Waals surface area contributed by atoms with Gasteiger partial charge in [-0.05, 0) is 34.9 Å². The van der Waals surface area contributed by atoms with Crippen molar-refractivity contribution in [1.82, 2.24) is 15.0 Å². The lowest BCUT2D eigenvalue weighted by Gasteiger charge is -2.16. The Balaban J connectivity index is 1.19. The van der Waals surface area contributed by atoms with E-state index in [-0.39, 0.29) is 0 Å². The maximum Gasteiger partial charge on any atom is 0.164 e. The van der Waals surface area contributed by atoms with E-state index in [9.17, 15) is 0 Å². The molecule has 0 bridgehead atoms. The van der Waals surface area contributed by atoms with Crippen LogP contribution in [0.3, 0.4) is 0 Å². The Bertz CT molecular complexity index is 3270. The van der Waals surface area contributed by atoms with Gasteiger partial charge in [-0.2, -0.15) is 0 Å². The number of fused-ring (bicyclic) bond motifs is 6. The lowest BCUT2D eigenvalue weighted by Crippen LogP contribution is -2.47. The first-order chi connectivity index (χ1) is 27.7. The molecule has 10 rings (SSSR count). The summed E-state index contributed by atoms with van der Waals surface area (Å²) in [6.07, 6.45) is 0. The number of furan rings is 2. The summed E-state index contributed by atoms with van der Waals surface area (Å²) >= 11 is 0. The normalized spacial score (nSPS) is 11.6. The fourth-order valence-corrected chi connectivity index (χ4v) is 8.65. The zero-order chi connectivity index (χ0) is 39.1. The van der Waals surface area contributed by atoms with Crippen molar-refractivity contribution in [2.45, 2.75) is 0 Å². The monoisotopic (exact) mass is 725 g/mol. The van der Waals surface area contributed by atoms with Gasteiger partial charge < -0.3 is 8.83 Å². The van der Waals surface area contributed by atoms with Crippen molar-refractivity contribution >= 4 is 137 Å². The predicted molar refractivity (Wildman–Crippen MR) is 259 cm³/mol. The minimum Gasteiger partial charge on any atom is -0.456 e. The molecule has 262 valence electrons. The molecule has 0 atom stereocenters. The lowest BCUT2D eigenvalue weighted by molar-refractivity contribution is 0.669. The molecule has 0 saturated carbocycles. The van der Waals surface area contributed by atoms with Crippen LogP contribution in [0.1, 0.15) is 0 Å². The van der Waals surface area contributed by atoms with Crippen LogP contribution in [0.15, 0.2) is 130 Å². The molecule has 3 heterocycles. The average molecular weight is 724 g/mol. The number of para-hydroxylation sites is 1. The van der Waals surface area contributed by atoms with E-state index in [0.717, 1.165) is 72.0 Å². The van der Waals surface area contributed by atoms with Crippen LogP contribution in [-0.4, -0.2) is 69.9 Å². The van der Waals surface area contributed by atoms with Gasteiger partial charge in [0.05, 0.1) is 0 Å². The zero-order valence-electron chi connectivity index (χ0n) is 33.2. The van der Waals surface area contributed by atoms with Crippen molar-refractivity contribution in [3.8, 4) is 56.4 Å². The molecule has 10 aromatic rings. The molecule has 0 unspecified atom stereocenters. The van der Waals surface area contributed by atoms with Crippen LogP contribution in [0.4, 0.5) is 0 Å². The van der Waals surface area contributed by atoms with Crippen molar-refractivity contribution < 1.29 is 8.83 Å². The lowest BCUT2D eigenvalue weighted by atomic mass is 9.64. The van der Waals surface area contributed by atoms with Crippen LogP contribution in [0.5, 0.6) is 0 Å². The number of nitrogens with zero attached hydrogens (tertiary/aromatic N) is 3. The number of benzene rings is 7. The minimum atomic E-state index is 0.586. The molecular weight excluding hydrogens is 690 g/mol. The third-order valence-corrected chi connectivity index (χ3v) is 12.4. The van der Waals surface area contributed by atoms with E-state index < -0.39 is 0 Å².